The number of halogens is 1. The van der Waals surface area contributed by atoms with Crippen LogP contribution in [0.5, 0.6) is 5.75 Å². The van der Waals surface area contributed by atoms with Gasteiger partial charge in [0.1, 0.15) is 17.1 Å². The van der Waals surface area contributed by atoms with Crippen LogP contribution in [0.3, 0.4) is 0 Å². The molecule has 2 aromatic carbocycles. The maximum absolute atomic E-state index is 13.4. The summed E-state index contributed by atoms with van der Waals surface area (Å²) < 4.78 is 24.3. The molecule has 0 radical (unpaired) electrons. The molecule has 1 heterocycles. The molecule has 0 bridgehead atoms. The lowest BCUT2D eigenvalue weighted by Crippen LogP contribution is -2.31. The normalized spacial score (nSPS) is 12.4. The van der Waals surface area contributed by atoms with Gasteiger partial charge in [-0.3, -0.25) is 4.79 Å². The van der Waals surface area contributed by atoms with Crippen molar-refractivity contribution in [2.45, 2.75) is 32.4 Å². The summed E-state index contributed by atoms with van der Waals surface area (Å²) in [6, 6.07) is 11.9. The van der Waals surface area contributed by atoms with E-state index in [2.05, 4.69) is 5.32 Å². The standard InChI is InChI=1S/C24H27FN2O4/c1-15(2)30-18-9-10-19-20(14-23(28)31-22(19)13-18)24(29)26-21(11-12-27(3)4)16-5-7-17(25)8-6-16/h5-10,13-15,21H,11-12H2,1-4H3,(H,26,29). The average molecular weight is 426 g/mol. The first-order valence-corrected chi connectivity index (χ1v) is 10.2. The second-order valence-corrected chi connectivity index (χ2v) is 7.97. The molecule has 0 fully saturated rings. The summed E-state index contributed by atoms with van der Waals surface area (Å²) in [6.45, 7) is 4.51. The summed E-state index contributed by atoms with van der Waals surface area (Å²) in [5.41, 5.74) is 0.671. The van der Waals surface area contributed by atoms with E-state index in [1.54, 1.807) is 30.3 Å². The second-order valence-electron chi connectivity index (χ2n) is 7.97. The first kappa shape index (κ1) is 22.5. The molecule has 1 unspecified atom stereocenters. The van der Waals surface area contributed by atoms with Crippen LogP contribution in [-0.2, 0) is 0 Å². The molecule has 7 heteroatoms. The molecule has 0 aliphatic heterocycles. The number of fused-ring (bicyclic) bond motifs is 1. The fourth-order valence-electron chi connectivity index (χ4n) is 3.32. The van der Waals surface area contributed by atoms with E-state index < -0.39 is 11.5 Å². The molecule has 0 aliphatic carbocycles. The lowest BCUT2D eigenvalue weighted by atomic mass is 10.0. The molecular weight excluding hydrogens is 399 g/mol. The molecule has 1 aromatic heterocycles. The molecule has 1 atom stereocenters. The average Bonchev–Trinajstić information content (AvgIpc) is 2.70. The van der Waals surface area contributed by atoms with Gasteiger partial charge < -0.3 is 19.4 Å². The summed E-state index contributed by atoms with van der Waals surface area (Å²) in [4.78, 5) is 27.3. The van der Waals surface area contributed by atoms with Crippen molar-refractivity contribution in [3.05, 3.63) is 75.9 Å². The third-order valence-electron chi connectivity index (χ3n) is 4.78. The largest absolute Gasteiger partial charge is 0.491 e. The van der Waals surface area contributed by atoms with Crippen LogP contribution < -0.4 is 15.7 Å². The number of carbonyl (C=O) groups is 1. The number of nitrogens with zero attached hydrogens (tertiary/aromatic N) is 1. The highest BCUT2D eigenvalue weighted by Crippen LogP contribution is 2.25. The van der Waals surface area contributed by atoms with Crippen molar-refractivity contribution in [2.24, 2.45) is 0 Å². The van der Waals surface area contributed by atoms with Crippen LogP contribution in [0.4, 0.5) is 4.39 Å². The van der Waals surface area contributed by atoms with Crippen molar-refractivity contribution >= 4 is 16.9 Å². The number of amides is 1. The first-order chi connectivity index (χ1) is 14.7. The number of benzene rings is 2. The third-order valence-corrected chi connectivity index (χ3v) is 4.78. The van der Waals surface area contributed by atoms with E-state index in [0.29, 0.717) is 17.6 Å². The van der Waals surface area contributed by atoms with Crippen molar-refractivity contribution in [3.8, 4) is 5.75 Å². The quantitative estimate of drug-likeness (QED) is 0.548. The predicted molar refractivity (Wildman–Crippen MR) is 118 cm³/mol. The molecule has 6 nitrogen and oxygen atoms in total. The Balaban J connectivity index is 1.93. The van der Waals surface area contributed by atoms with Crippen LogP contribution in [0.15, 0.2) is 57.7 Å². The van der Waals surface area contributed by atoms with Crippen LogP contribution in [-0.4, -0.2) is 37.6 Å². The van der Waals surface area contributed by atoms with Crippen LogP contribution in [0.1, 0.15) is 42.2 Å². The number of rotatable bonds is 8. The Hall–Kier alpha value is -3.19. The molecule has 1 amide bonds. The third kappa shape index (κ3) is 5.92. The summed E-state index contributed by atoms with van der Waals surface area (Å²) >= 11 is 0. The van der Waals surface area contributed by atoms with E-state index in [1.807, 2.05) is 32.8 Å². The fraction of sp³-hybridized carbons (Fsp3) is 0.333. The fourth-order valence-corrected chi connectivity index (χ4v) is 3.32. The zero-order chi connectivity index (χ0) is 22.5. The van der Waals surface area contributed by atoms with Crippen molar-refractivity contribution in [1.29, 1.82) is 0 Å². The minimum atomic E-state index is -0.619. The van der Waals surface area contributed by atoms with E-state index in [4.69, 9.17) is 9.15 Å². The number of ether oxygens (including phenoxy) is 1. The SMILES string of the molecule is CC(C)Oc1ccc2c(C(=O)NC(CCN(C)C)c3ccc(F)cc3)cc(=O)oc2c1. The minimum Gasteiger partial charge on any atom is -0.491 e. The Bertz CT molecular complexity index is 1110. The lowest BCUT2D eigenvalue weighted by Gasteiger charge is -2.21. The maximum atomic E-state index is 13.4. The van der Waals surface area contributed by atoms with Gasteiger partial charge in [-0.1, -0.05) is 12.1 Å². The zero-order valence-corrected chi connectivity index (χ0v) is 18.1. The summed E-state index contributed by atoms with van der Waals surface area (Å²) in [6.07, 6.45) is 0.583. The van der Waals surface area contributed by atoms with E-state index in [1.165, 1.54) is 18.2 Å². The number of carbonyl (C=O) groups excluding carboxylic acids is 1. The van der Waals surface area contributed by atoms with Crippen molar-refractivity contribution in [1.82, 2.24) is 10.2 Å². The summed E-state index contributed by atoms with van der Waals surface area (Å²) in [7, 11) is 3.88. The Morgan fingerprint density at radius 2 is 1.84 bits per heavy atom. The van der Waals surface area contributed by atoms with Gasteiger partial charge in [0, 0.05) is 17.5 Å². The first-order valence-electron chi connectivity index (χ1n) is 10.2. The van der Waals surface area contributed by atoms with Crippen molar-refractivity contribution in [2.75, 3.05) is 20.6 Å². The van der Waals surface area contributed by atoms with Gasteiger partial charge in [-0.2, -0.15) is 0 Å². The zero-order valence-electron chi connectivity index (χ0n) is 18.1. The predicted octanol–water partition coefficient (Wildman–Crippen LogP) is 4.14. The van der Waals surface area contributed by atoms with Gasteiger partial charge in [-0.25, -0.2) is 9.18 Å². The highest BCUT2D eigenvalue weighted by atomic mass is 19.1. The van der Waals surface area contributed by atoms with Crippen LogP contribution in [0, 0.1) is 5.82 Å². The highest BCUT2D eigenvalue weighted by molar-refractivity contribution is 6.05. The van der Waals surface area contributed by atoms with Gasteiger partial charge in [-0.15, -0.1) is 0 Å². The molecule has 0 spiro atoms. The highest BCUT2D eigenvalue weighted by Gasteiger charge is 2.20. The lowest BCUT2D eigenvalue weighted by molar-refractivity contribution is 0.0933. The molecular formula is C24H27FN2O4. The molecule has 0 aliphatic rings. The molecule has 0 saturated heterocycles. The molecule has 31 heavy (non-hydrogen) atoms. The molecule has 0 saturated carbocycles. The number of hydrogen-bond donors (Lipinski definition) is 1. The smallest absolute Gasteiger partial charge is 0.337 e. The number of hydrogen-bond acceptors (Lipinski definition) is 5. The Labute approximate surface area is 180 Å². The van der Waals surface area contributed by atoms with Crippen LogP contribution >= 0.6 is 0 Å². The maximum Gasteiger partial charge on any atom is 0.337 e. The molecule has 3 rings (SSSR count). The Morgan fingerprint density at radius 3 is 2.48 bits per heavy atom. The van der Waals surface area contributed by atoms with Gasteiger partial charge in [0.2, 0.25) is 0 Å². The number of nitrogens with one attached hydrogen (secondary N) is 1. The van der Waals surface area contributed by atoms with E-state index >= 15 is 0 Å². The minimum absolute atomic E-state index is 0.0381. The van der Waals surface area contributed by atoms with Crippen LogP contribution in [0.2, 0.25) is 0 Å². The summed E-state index contributed by atoms with van der Waals surface area (Å²) in [5, 5.41) is 3.50. The van der Waals surface area contributed by atoms with Gasteiger partial charge in [0.05, 0.1) is 17.7 Å². The second kappa shape index (κ2) is 9.75. The topological polar surface area (TPSA) is 71.8 Å². The van der Waals surface area contributed by atoms with Gasteiger partial charge >= 0.3 is 5.63 Å². The van der Waals surface area contributed by atoms with Crippen molar-refractivity contribution < 1.29 is 18.3 Å². The van der Waals surface area contributed by atoms with Crippen LogP contribution in [0.25, 0.3) is 11.0 Å². The van der Waals surface area contributed by atoms with Gasteiger partial charge in [0.15, 0.2) is 0 Å². The molecule has 3 aromatic rings. The van der Waals surface area contributed by atoms with E-state index in [9.17, 15) is 14.0 Å². The molecule has 164 valence electrons. The Morgan fingerprint density at radius 1 is 1.13 bits per heavy atom. The van der Waals surface area contributed by atoms with Gasteiger partial charge in [-0.05, 0) is 70.7 Å². The van der Waals surface area contributed by atoms with Gasteiger partial charge in [0.25, 0.3) is 5.91 Å². The van der Waals surface area contributed by atoms with Crippen molar-refractivity contribution in [3.63, 3.8) is 0 Å². The monoisotopic (exact) mass is 426 g/mol. The van der Waals surface area contributed by atoms with E-state index in [0.717, 1.165) is 12.1 Å². The van der Waals surface area contributed by atoms with E-state index in [-0.39, 0.29) is 29.1 Å². The summed E-state index contributed by atoms with van der Waals surface area (Å²) in [5.74, 6) is -0.186. The Kier molecular flexibility index (Phi) is 7.07. The molecule has 1 N–H and O–H groups in total.